The fraction of sp³-hybridized carbons (Fsp3) is 0.233. The number of aromatic nitrogens is 3. The van der Waals surface area contributed by atoms with Crippen LogP contribution in [0, 0.1) is 10.1 Å². The van der Waals surface area contributed by atoms with Gasteiger partial charge in [-0.3, -0.25) is 14.9 Å². The van der Waals surface area contributed by atoms with Gasteiger partial charge in [0.25, 0.3) is 11.6 Å². The molecule has 2 aromatic carbocycles. The first-order valence-electron chi connectivity index (χ1n) is 13.6. The molecule has 226 valence electrons. The second kappa shape index (κ2) is 11.9. The van der Waals surface area contributed by atoms with E-state index in [1.807, 2.05) is 6.07 Å². The van der Waals surface area contributed by atoms with Gasteiger partial charge in [-0.25, -0.2) is 9.50 Å². The second-order valence-electron chi connectivity index (χ2n) is 10.3. The summed E-state index contributed by atoms with van der Waals surface area (Å²) in [5.41, 5.74) is -1.11. The molecule has 44 heavy (non-hydrogen) atoms. The van der Waals surface area contributed by atoms with Crippen LogP contribution < -0.4 is 10.1 Å². The van der Waals surface area contributed by atoms with E-state index in [9.17, 15) is 28.1 Å². The van der Waals surface area contributed by atoms with E-state index in [4.69, 9.17) is 16.3 Å². The Balaban J connectivity index is 1.35. The molecule has 9 nitrogen and oxygen atoms in total. The van der Waals surface area contributed by atoms with Gasteiger partial charge in [-0.1, -0.05) is 36.9 Å². The van der Waals surface area contributed by atoms with Crippen LogP contribution in [0.1, 0.15) is 59.6 Å². The third-order valence-electron chi connectivity index (χ3n) is 7.39. The van der Waals surface area contributed by atoms with E-state index in [1.165, 1.54) is 23.5 Å². The number of non-ortho nitro benzene ring substituents is 1. The van der Waals surface area contributed by atoms with Crippen LogP contribution in [0.15, 0.2) is 66.2 Å². The third kappa shape index (κ3) is 6.10. The lowest BCUT2D eigenvalue weighted by molar-refractivity contribution is -0.384. The number of halogens is 4. The van der Waals surface area contributed by atoms with Crippen molar-refractivity contribution in [3.05, 3.63) is 98.1 Å². The number of nitro benzene ring substituents is 1. The van der Waals surface area contributed by atoms with Crippen LogP contribution in [-0.4, -0.2) is 25.4 Å². The zero-order valence-electron chi connectivity index (χ0n) is 22.8. The predicted octanol–water partition coefficient (Wildman–Crippen LogP) is 9.13. The molecule has 3 heterocycles. The first kappa shape index (κ1) is 29.6. The molecule has 0 spiro atoms. The summed E-state index contributed by atoms with van der Waals surface area (Å²) in [7, 11) is 0. The highest BCUT2D eigenvalue weighted by Gasteiger charge is 2.36. The van der Waals surface area contributed by atoms with E-state index in [0.29, 0.717) is 20.2 Å². The molecule has 3 aromatic heterocycles. The molecule has 1 aliphatic carbocycles. The van der Waals surface area contributed by atoms with E-state index in [2.05, 4.69) is 15.4 Å². The van der Waals surface area contributed by atoms with Crippen LogP contribution in [0.5, 0.6) is 11.5 Å². The normalized spacial score (nSPS) is 14.1. The van der Waals surface area contributed by atoms with Gasteiger partial charge in [0.15, 0.2) is 11.3 Å². The third-order valence-corrected chi connectivity index (χ3v) is 8.51. The topological polar surface area (TPSA) is 112 Å². The fourth-order valence-corrected chi connectivity index (χ4v) is 6.23. The van der Waals surface area contributed by atoms with Crippen LogP contribution in [0.2, 0.25) is 5.02 Å². The monoisotopic (exact) mass is 641 g/mol. The molecule has 1 amide bonds. The summed E-state index contributed by atoms with van der Waals surface area (Å²) in [5, 5.41) is 20.3. The Morgan fingerprint density at radius 1 is 1.11 bits per heavy atom. The average Bonchev–Trinajstić information content (AvgIpc) is 3.68. The van der Waals surface area contributed by atoms with Gasteiger partial charge < -0.3 is 10.1 Å². The van der Waals surface area contributed by atoms with E-state index in [0.717, 1.165) is 56.0 Å². The second-order valence-corrected chi connectivity index (χ2v) is 11.7. The lowest BCUT2D eigenvalue weighted by Crippen LogP contribution is -2.16. The molecule has 1 fully saturated rings. The quantitative estimate of drug-likeness (QED) is 0.140. The summed E-state index contributed by atoms with van der Waals surface area (Å²) in [5.74, 6) is -0.0539. The zero-order valence-corrected chi connectivity index (χ0v) is 24.4. The van der Waals surface area contributed by atoms with Crippen molar-refractivity contribution < 1.29 is 27.6 Å². The molecule has 14 heteroatoms. The summed E-state index contributed by atoms with van der Waals surface area (Å²) in [4.78, 5) is 29.3. The number of carbonyl (C=O) groups is 1. The number of hydrogen-bond donors (Lipinski definition) is 1. The van der Waals surface area contributed by atoms with Crippen molar-refractivity contribution in [1.29, 1.82) is 0 Å². The maximum absolute atomic E-state index is 13.9. The largest absolute Gasteiger partial charge is 0.457 e. The van der Waals surface area contributed by atoms with E-state index < -0.39 is 22.7 Å². The number of ether oxygens (including phenoxy) is 1. The molecule has 0 saturated heterocycles. The van der Waals surface area contributed by atoms with Gasteiger partial charge >= 0.3 is 6.18 Å². The Morgan fingerprint density at radius 3 is 2.61 bits per heavy atom. The summed E-state index contributed by atoms with van der Waals surface area (Å²) >= 11 is 7.48. The van der Waals surface area contributed by atoms with Crippen LogP contribution >= 0.6 is 22.9 Å². The molecular formula is C30H23ClF3N5O4S. The van der Waals surface area contributed by atoms with Gasteiger partial charge in [0.1, 0.15) is 17.1 Å². The molecule has 0 radical (unpaired) electrons. The Kier molecular flexibility index (Phi) is 7.99. The molecule has 1 aliphatic rings. The molecule has 6 rings (SSSR count). The number of alkyl halides is 3. The first-order chi connectivity index (χ1) is 21.1. The Morgan fingerprint density at radius 2 is 1.91 bits per heavy atom. The molecule has 5 aromatic rings. The van der Waals surface area contributed by atoms with Gasteiger partial charge in [0.2, 0.25) is 0 Å². The minimum Gasteiger partial charge on any atom is -0.457 e. The molecule has 0 atom stereocenters. The van der Waals surface area contributed by atoms with Crippen molar-refractivity contribution in [3.63, 3.8) is 0 Å². The number of nitro groups is 1. The standard InChI is InChI=1S/C30H23ClF3N5O4S/c31-18-8-9-25(22(11-18)17-5-2-1-3-6-17)43-21-13-19(12-20(14-21)39(41)42)36-29(40)23-16-35-38-27(30(32,33)34)15-24(37-28(23)38)26-7-4-10-44-26/h4,7-17H,1-3,5-6H2,(H,36,40). The highest BCUT2D eigenvalue weighted by atomic mass is 35.5. The van der Waals surface area contributed by atoms with Crippen LogP contribution in [0.25, 0.3) is 16.2 Å². The number of anilines is 1. The first-order valence-corrected chi connectivity index (χ1v) is 14.9. The Bertz CT molecular complexity index is 1870. The Hall–Kier alpha value is -4.49. The van der Waals surface area contributed by atoms with E-state index >= 15 is 0 Å². The Labute approximate surface area is 257 Å². The van der Waals surface area contributed by atoms with Gasteiger partial charge in [0, 0.05) is 17.2 Å². The molecule has 1 saturated carbocycles. The lowest BCUT2D eigenvalue weighted by atomic mass is 9.84. The molecular weight excluding hydrogens is 619 g/mol. The van der Waals surface area contributed by atoms with Crippen molar-refractivity contribution in [1.82, 2.24) is 14.6 Å². The zero-order chi connectivity index (χ0) is 31.0. The lowest BCUT2D eigenvalue weighted by Gasteiger charge is -2.24. The van der Waals surface area contributed by atoms with E-state index in [1.54, 1.807) is 29.6 Å². The van der Waals surface area contributed by atoms with Crippen LogP contribution in [0.3, 0.4) is 0 Å². The number of hydrogen-bond acceptors (Lipinski definition) is 7. The number of carbonyl (C=O) groups excluding carboxylic acids is 1. The van der Waals surface area contributed by atoms with Gasteiger partial charge in [0.05, 0.1) is 33.4 Å². The number of nitrogens with one attached hydrogen (secondary N) is 1. The van der Waals surface area contributed by atoms with Gasteiger partial charge in [-0.15, -0.1) is 11.3 Å². The minimum absolute atomic E-state index is 0.00261. The summed E-state index contributed by atoms with van der Waals surface area (Å²) in [6, 6.07) is 13.1. The molecule has 0 aliphatic heterocycles. The fourth-order valence-electron chi connectivity index (χ4n) is 5.37. The molecule has 0 bridgehead atoms. The smallest absolute Gasteiger partial charge is 0.433 e. The number of benzene rings is 2. The number of fused-ring (bicyclic) bond motifs is 1. The van der Waals surface area contributed by atoms with Crippen molar-refractivity contribution >= 4 is 45.9 Å². The maximum Gasteiger partial charge on any atom is 0.433 e. The average molecular weight is 642 g/mol. The number of amides is 1. The summed E-state index contributed by atoms with van der Waals surface area (Å²) in [6.07, 6.45) is 1.41. The number of thiophene rings is 1. The van der Waals surface area contributed by atoms with Crippen molar-refractivity contribution in [2.75, 3.05) is 5.32 Å². The highest BCUT2D eigenvalue weighted by Crippen LogP contribution is 2.41. The predicted molar refractivity (Wildman–Crippen MR) is 160 cm³/mol. The molecule has 0 unspecified atom stereocenters. The minimum atomic E-state index is -4.78. The van der Waals surface area contributed by atoms with Crippen LogP contribution in [-0.2, 0) is 6.18 Å². The summed E-state index contributed by atoms with van der Waals surface area (Å²) in [6.45, 7) is 0. The van der Waals surface area contributed by atoms with Gasteiger partial charge in [-0.05, 0) is 60.0 Å². The SMILES string of the molecule is O=C(Nc1cc(Oc2ccc(Cl)cc2C2CCCCC2)cc([N+](=O)[O-])c1)c1cnn2c(C(F)(F)F)cc(-c3cccs3)nc12. The number of nitrogens with zero attached hydrogens (tertiary/aromatic N) is 4. The maximum atomic E-state index is 13.9. The molecule has 1 N–H and O–H groups in total. The van der Waals surface area contributed by atoms with Crippen molar-refractivity contribution in [2.45, 2.75) is 44.2 Å². The summed E-state index contributed by atoms with van der Waals surface area (Å²) < 4.78 is 48.5. The van der Waals surface area contributed by atoms with Crippen molar-refractivity contribution in [3.8, 4) is 22.1 Å². The van der Waals surface area contributed by atoms with E-state index in [-0.39, 0.29) is 39.9 Å². The van der Waals surface area contributed by atoms with Gasteiger partial charge in [-0.2, -0.15) is 18.3 Å². The van der Waals surface area contributed by atoms with Crippen LogP contribution in [0.4, 0.5) is 24.5 Å². The number of rotatable bonds is 7. The highest BCUT2D eigenvalue weighted by molar-refractivity contribution is 7.13. The van der Waals surface area contributed by atoms with Crippen molar-refractivity contribution in [2.24, 2.45) is 0 Å².